The molecule has 1 fully saturated rings. The van der Waals surface area contributed by atoms with Gasteiger partial charge in [-0.05, 0) is 71.5 Å². The molecular weight excluding hydrogens is 258 g/mol. The molecule has 0 radical (unpaired) electrons. The van der Waals surface area contributed by atoms with Crippen LogP contribution in [0.5, 0.6) is 0 Å². The van der Waals surface area contributed by atoms with Gasteiger partial charge in [0.15, 0.2) is 0 Å². The van der Waals surface area contributed by atoms with Crippen LogP contribution in [0.15, 0.2) is 0 Å². The third-order valence-corrected chi connectivity index (χ3v) is 5.42. The van der Waals surface area contributed by atoms with Gasteiger partial charge in [0.1, 0.15) is 5.54 Å². The molecule has 0 aromatic rings. The van der Waals surface area contributed by atoms with Crippen LogP contribution < -0.4 is 5.32 Å². The zero-order chi connectivity index (χ0) is 15.9. The molecule has 1 aliphatic heterocycles. The molecule has 3 heteroatoms. The minimum Gasteiger partial charge on any atom is -0.303 e. The van der Waals surface area contributed by atoms with Crippen LogP contribution in [0.4, 0.5) is 0 Å². The summed E-state index contributed by atoms with van der Waals surface area (Å²) in [6.45, 7) is 14.5. The molecule has 0 aromatic heterocycles. The molecule has 1 aliphatic rings. The van der Waals surface area contributed by atoms with E-state index in [0.717, 1.165) is 19.4 Å². The maximum atomic E-state index is 9.38. The average Bonchev–Trinajstić information content (AvgIpc) is 2.47. The third-order valence-electron chi connectivity index (χ3n) is 5.42. The first-order valence-electron chi connectivity index (χ1n) is 8.80. The lowest BCUT2D eigenvalue weighted by Crippen LogP contribution is -2.46. The monoisotopic (exact) mass is 293 g/mol. The van der Waals surface area contributed by atoms with E-state index in [2.05, 4.69) is 44.0 Å². The van der Waals surface area contributed by atoms with Crippen molar-refractivity contribution in [1.82, 2.24) is 10.2 Å². The number of likely N-dealkylation sites (tertiary alicyclic amines) is 1. The molecule has 1 unspecified atom stereocenters. The van der Waals surface area contributed by atoms with Crippen LogP contribution in [0.3, 0.4) is 0 Å². The maximum absolute atomic E-state index is 9.38. The Labute approximate surface area is 132 Å². The first-order valence-corrected chi connectivity index (χ1v) is 8.80. The van der Waals surface area contributed by atoms with Crippen LogP contribution >= 0.6 is 0 Å². The van der Waals surface area contributed by atoms with E-state index in [1.807, 2.05) is 6.92 Å². The van der Waals surface area contributed by atoms with Crippen molar-refractivity contribution in [3.05, 3.63) is 0 Å². The molecular formula is C18H35N3. The van der Waals surface area contributed by atoms with Gasteiger partial charge in [0.05, 0.1) is 6.07 Å². The van der Waals surface area contributed by atoms with Crippen molar-refractivity contribution in [3.8, 4) is 6.07 Å². The van der Waals surface area contributed by atoms with E-state index in [-0.39, 0.29) is 5.54 Å². The molecule has 0 bridgehead atoms. The summed E-state index contributed by atoms with van der Waals surface area (Å²) in [7, 11) is 0. The topological polar surface area (TPSA) is 39.1 Å². The van der Waals surface area contributed by atoms with E-state index < -0.39 is 0 Å². The highest BCUT2D eigenvalue weighted by molar-refractivity contribution is 5.04. The third kappa shape index (κ3) is 5.60. The lowest BCUT2D eigenvalue weighted by molar-refractivity contribution is 0.0931. The first-order chi connectivity index (χ1) is 9.88. The first kappa shape index (κ1) is 18.5. The number of hydrogen-bond acceptors (Lipinski definition) is 3. The SMILES string of the molecule is CCC1(CC)CCN(CCCC(C)(C#N)NC(C)C)CC1. The molecule has 1 heterocycles. The Morgan fingerprint density at radius 3 is 2.24 bits per heavy atom. The van der Waals surface area contributed by atoms with Crippen LogP contribution in [0.1, 0.15) is 73.1 Å². The van der Waals surface area contributed by atoms with E-state index in [1.165, 1.54) is 38.8 Å². The molecule has 1 saturated heterocycles. The predicted molar refractivity (Wildman–Crippen MR) is 90.2 cm³/mol. The molecule has 1 atom stereocenters. The van der Waals surface area contributed by atoms with Crippen molar-refractivity contribution in [2.45, 2.75) is 84.7 Å². The standard InChI is InChI=1S/C18H35N3/c1-6-18(7-2)10-13-21(14-11-18)12-8-9-17(5,15-19)20-16(3)4/h16,20H,6-14H2,1-5H3. The van der Waals surface area contributed by atoms with Crippen molar-refractivity contribution in [1.29, 1.82) is 5.26 Å². The summed E-state index contributed by atoms with van der Waals surface area (Å²) < 4.78 is 0. The second kappa shape index (κ2) is 8.15. The molecule has 0 amide bonds. The fraction of sp³-hybridized carbons (Fsp3) is 0.944. The fourth-order valence-corrected chi connectivity index (χ4v) is 3.66. The van der Waals surface area contributed by atoms with Crippen LogP contribution in [0.2, 0.25) is 0 Å². The van der Waals surface area contributed by atoms with Gasteiger partial charge in [0, 0.05) is 6.04 Å². The number of nitriles is 1. The zero-order valence-corrected chi connectivity index (χ0v) is 14.8. The van der Waals surface area contributed by atoms with Gasteiger partial charge in [0.25, 0.3) is 0 Å². The van der Waals surface area contributed by atoms with Gasteiger partial charge in [-0.1, -0.05) is 26.7 Å². The van der Waals surface area contributed by atoms with E-state index in [4.69, 9.17) is 0 Å². The Kier molecular flexibility index (Phi) is 7.16. The minimum atomic E-state index is -0.374. The summed E-state index contributed by atoms with van der Waals surface area (Å²) >= 11 is 0. The molecule has 21 heavy (non-hydrogen) atoms. The molecule has 0 aliphatic carbocycles. The maximum Gasteiger partial charge on any atom is 0.104 e. The summed E-state index contributed by atoms with van der Waals surface area (Å²) in [6, 6.07) is 2.81. The van der Waals surface area contributed by atoms with Crippen LogP contribution in [-0.2, 0) is 0 Å². The normalized spacial score (nSPS) is 22.0. The number of nitrogens with one attached hydrogen (secondary N) is 1. The van der Waals surface area contributed by atoms with Crippen LogP contribution in [-0.4, -0.2) is 36.1 Å². The zero-order valence-electron chi connectivity index (χ0n) is 14.8. The quantitative estimate of drug-likeness (QED) is 0.736. The Morgan fingerprint density at radius 1 is 1.24 bits per heavy atom. The Balaban J connectivity index is 2.33. The van der Waals surface area contributed by atoms with Crippen molar-refractivity contribution in [2.75, 3.05) is 19.6 Å². The van der Waals surface area contributed by atoms with Crippen LogP contribution in [0, 0.1) is 16.7 Å². The number of nitrogens with zero attached hydrogens (tertiary/aromatic N) is 2. The van der Waals surface area contributed by atoms with Gasteiger partial charge < -0.3 is 4.90 Å². The Hall–Kier alpha value is -0.590. The lowest BCUT2D eigenvalue weighted by Gasteiger charge is -2.41. The molecule has 0 aromatic carbocycles. The van der Waals surface area contributed by atoms with E-state index >= 15 is 0 Å². The lowest BCUT2D eigenvalue weighted by atomic mass is 9.74. The van der Waals surface area contributed by atoms with Gasteiger partial charge in [-0.3, -0.25) is 5.32 Å². The second-order valence-corrected chi connectivity index (χ2v) is 7.40. The van der Waals surface area contributed by atoms with Gasteiger partial charge in [0.2, 0.25) is 0 Å². The van der Waals surface area contributed by atoms with Gasteiger partial charge in [-0.2, -0.15) is 5.26 Å². The van der Waals surface area contributed by atoms with E-state index in [1.54, 1.807) is 0 Å². The minimum absolute atomic E-state index is 0.361. The fourth-order valence-electron chi connectivity index (χ4n) is 3.66. The second-order valence-electron chi connectivity index (χ2n) is 7.40. The van der Waals surface area contributed by atoms with Gasteiger partial charge in [-0.15, -0.1) is 0 Å². The highest BCUT2D eigenvalue weighted by atomic mass is 15.1. The Morgan fingerprint density at radius 2 is 1.81 bits per heavy atom. The van der Waals surface area contributed by atoms with Crippen molar-refractivity contribution in [3.63, 3.8) is 0 Å². The average molecular weight is 293 g/mol. The highest BCUT2D eigenvalue weighted by Crippen LogP contribution is 2.37. The smallest absolute Gasteiger partial charge is 0.104 e. The molecule has 0 spiro atoms. The molecule has 1 rings (SSSR count). The number of rotatable bonds is 8. The van der Waals surface area contributed by atoms with Crippen molar-refractivity contribution < 1.29 is 0 Å². The molecule has 0 saturated carbocycles. The molecule has 122 valence electrons. The Bertz CT molecular complexity index is 331. The summed E-state index contributed by atoms with van der Waals surface area (Å²) in [4.78, 5) is 2.59. The van der Waals surface area contributed by atoms with Crippen LogP contribution in [0.25, 0.3) is 0 Å². The van der Waals surface area contributed by atoms with E-state index in [0.29, 0.717) is 11.5 Å². The van der Waals surface area contributed by atoms with Gasteiger partial charge >= 0.3 is 0 Å². The summed E-state index contributed by atoms with van der Waals surface area (Å²) in [6.07, 6.45) is 7.38. The summed E-state index contributed by atoms with van der Waals surface area (Å²) in [5, 5.41) is 12.8. The molecule has 3 nitrogen and oxygen atoms in total. The summed E-state index contributed by atoms with van der Waals surface area (Å²) in [5.74, 6) is 0. The number of hydrogen-bond donors (Lipinski definition) is 1. The van der Waals surface area contributed by atoms with Gasteiger partial charge in [-0.25, -0.2) is 0 Å². The van der Waals surface area contributed by atoms with Crippen molar-refractivity contribution >= 4 is 0 Å². The highest BCUT2D eigenvalue weighted by Gasteiger charge is 2.31. The van der Waals surface area contributed by atoms with Crippen molar-refractivity contribution in [2.24, 2.45) is 5.41 Å². The summed E-state index contributed by atoms with van der Waals surface area (Å²) in [5.41, 5.74) is 0.234. The van der Waals surface area contributed by atoms with E-state index in [9.17, 15) is 5.26 Å². The molecule has 1 N–H and O–H groups in total. The number of piperidine rings is 1. The predicted octanol–water partition coefficient (Wildman–Crippen LogP) is 3.95. The largest absolute Gasteiger partial charge is 0.303 e.